The van der Waals surface area contributed by atoms with Crippen molar-refractivity contribution in [2.24, 2.45) is 0 Å². The van der Waals surface area contributed by atoms with Crippen molar-refractivity contribution in [2.75, 3.05) is 5.73 Å². The van der Waals surface area contributed by atoms with Crippen LogP contribution in [0.2, 0.25) is 0 Å². The number of rotatable bonds is 0. The summed E-state index contributed by atoms with van der Waals surface area (Å²) in [5, 5.41) is 2.24. The first-order valence-electron chi connectivity index (χ1n) is 3.99. The van der Waals surface area contributed by atoms with Gasteiger partial charge in [0.2, 0.25) is 0 Å². The van der Waals surface area contributed by atoms with Gasteiger partial charge in [0.15, 0.2) is 0 Å². The van der Waals surface area contributed by atoms with E-state index in [1.165, 1.54) is 0 Å². The molecule has 0 aliphatic carbocycles. The second kappa shape index (κ2) is 3.14. The van der Waals surface area contributed by atoms with Gasteiger partial charge in [-0.3, -0.25) is 4.98 Å². The molecule has 0 radical (unpaired) electrons. The largest absolute Gasteiger partial charge is 0.397 e. The molecule has 0 saturated carbocycles. The van der Waals surface area contributed by atoms with Crippen molar-refractivity contribution < 1.29 is 0 Å². The Hall–Kier alpha value is -0.840. The highest BCUT2D eigenvalue weighted by atomic mass is 127. The van der Waals surface area contributed by atoms with E-state index >= 15 is 0 Å². The van der Waals surface area contributed by atoms with Crippen LogP contribution < -0.4 is 5.73 Å². The van der Waals surface area contributed by atoms with Crippen LogP contribution in [-0.2, 0) is 0 Å². The number of nitrogen functional groups attached to an aromatic ring is 1. The van der Waals surface area contributed by atoms with Crippen molar-refractivity contribution in [1.29, 1.82) is 0 Å². The first-order chi connectivity index (χ1) is 6.20. The normalized spacial score (nSPS) is 10.6. The van der Waals surface area contributed by atoms with Gasteiger partial charge in [0, 0.05) is 26.2 Å². The summed E-state index contributed by atoms with van der Waals surface area (Å²) in [6, 6.07) is 6.04. The molecule has 0 aliphatic rings. The van der Waals surface area contributed by atoms with Crippen LogP contribution in [0.1, 0.15) is 5.69 Å². The van der Waals surface area contributed by atoms with Gasteiger partial charge in [-0.2, -0.15) is 0 Å². The maximum absolute atomic E-state index is 5.95. The molecule has 13 heavy (non-hydrogen) atoms. The fourth-order valence-corrected chi connectivity index (χ4v) is 1.87. The number of halogens is 1. The van der Waals surface area contributed by atoms with Gasteiger partial charge >= 0.3 is 0 Å². The fraction of sp³-hybridized carbons (Fsp3) is 0.100. The molecule has 2 nitrogen and oxygen atoms in total. The standard InChI is InChI=1S/C10H9IN2/c1-6-7-2-3-9(11)10(12)8(7)4-5-13-6/h2-5H,12H2,1H3. The Bertz CT molecular complexity index is 466. The Labute approximate surface area is 90.3 Å². The van der Waals surface area contributed by atoms with Crippen molar-refractivity contribution in [3.8, 4) is 0 Å². The molecular formula is C10H9IN2. The monoisotopic (exact) mass is 284 g/mol. The summed E-state index contributed by atoms with van der Waals surface area (Å²) in [4.78, 5) is 4.22. The molecule has 0 spiro atoms. The number of aryl methyl sites for hydroxylation is 1. The van der Waals surface area contributed by atoms with Crippen molar-refractivity contribution in [3.63, 3.8) is 0 Å². The smallest absolute Gasteiger partial charge is 0.0530 e. The maximum atomic E-state index is 5.95. The number of benzene rings is 1. The molecule has 1 aromatic heterocycles. The molecule has 66 valence electrons. The summed E-state index contributed by atoms with van der Waals surface area (Å²) in [7, 11) is 0. The minimum absolute atomic E-state index is 0.851. The van der Waals surface area contributed by atoms with Gasteiger partial charge in [0.1, 0.15) is 0 Å². The first-order valence-corrected chi connectivity index (χ1v) is 5.07. The van der Waals surface area contributed by atoms with E-state index in [1.54, 1.807) is 6.20 Å². The quantitative estimate of drug-likeness (QED) is 0.596. The van der Waals surface area contributed by atoms with Gasteiger partial charge in [-0.25, -0.2) is 0 Å². The van der Waals surface area contributed by atoms with E-state index in [9.17, 15) is 0 Å². The van der Waals surface area contributed by atoms with Crippen LogP contribution in [0.15, 0.2) is 24.4 Å². The predicted molar refractivity (Wildman–Crippen MR) is 63.6 cm³/mol. The van der Waals surface area contributed by atoms with E-state index in [0.29, 0.717) is 0 Å². The molecule has 2 rings (SSSR count). The highest BCUT2D eigenvalue weighted by Gasteiger charge is 2.03. The zero-order valence-corrected chi connectivity index (χ0v) is 9.37. The third-order valence-corrected chi connectivity index (χ3v) is 3.07. The number of fused-ring (bicyclic) bond motifs is 1. The molecule has 1 heterocycles. The molecule has 0 amide bonds. The number of anilines is 1. The lowest BCUT2D eigenvalue weighted by Gasteiger charge is -2.05. The lowest BCUT2D eigenvalue weighted by molar-refractivity contribution is 1.24. The zero-order valence-electron chi connectivity index (χ0n) is 7.21. The summed E-state index contributed by atoms with van der Waals surface area (Å²) in [5.74, 6) is 0. The molecule has 0 unspecified atom stereocenters. The third-order valence-electron chi connectivity index (χ3n) is 2.13. The van der Waals surface area contributed by atoms with Crippen LogP contribution in [0, 0.1) is 10.5 Å². The summed E-state index contributed by atoms with van der Waals surface area (Å²) in [6.45, 7) is 1.99. The van der Waals surface area contributed by atoms with Crippen LogP contribution in [0.5, 0.6) is 0 Å². The number of hydrogen-bond acceptors (Lipinski definition) is 2. The first kappa shape index (κ1) is 8.74. The van der Waals surface area contributed by atoms with Gasteiger partial charge < -0.3 is 5.73 Å². The number of pyridine rings is 1. The number of hydrogen-bond donors (Lipinski definition) is 1. The minimum atomic E-state index is 0.851. The number of nitrogens with zero attached hydrogens (tertiary/aromatic N) is 1. The number of aromatic nitrogens is 1. The average Bonchev–Trinajstić information content (AvgIpc) is 2.12. The lowest BCUT2D eigenvalue weighted by Crippen LogP contribution is -1.92. The van der Waals surface area contributed by atoms with Crippen molar-refractivity contribution in [1.82, 2.24) is 4.98 Å². The second-order valence-corrected chi connectivity index (χ2v) is 4.11. The van der Waals surface area contributed by atoms with E-state index in [4.69, 9.17) is 5.73 Å². The molecule has 2 N–H and O–H groups in total. The zero-order chi connectivity index (χ0) is 9.42. The predicted octanol–water partition coefficient (Wildman–Crippen LogP) is 2.73. The summed E-state index contributed by atoms with van der Waals surface area (Å²) < 4.78 is 1.09. The second-order valence-electron chi connectivity index (χ2n) is 2.95. The molecular weight excluding hydrogens is 275 g/mol. The Kier molecular flexibility index (Phi) is 2.11. The van der Waals surface area contributed by atoms with Crippen molar-refractivity contribution >= 4 is 39.1 Å². The molecule has 1 aromatic carbocycles. The highest BCUT2D eigenvalue weighted by molar-refractivity contribution is 14.1. The van der Waals surface area contributed by atoms with E-state index in [2.05, 4.69) is 33.6 Å². The van der Waals surface area contributed by atoms with E-state index in [0.717, 1.165) is 25.7 Å². The van der Waals surface area contributed by atoms with Gasteiger partial charge in [0.25, 0.3) is 0 Å². The van der Waals surface area contributed by atoms with Crippen molar-refractivity contribution in [2.45, 2.75) is 6.92 Å². The molecule has 3 heteroatoms. The topological polar surface area (TPSA) is 38.9 Å². The highest BCUT2D eigenvalue weighted by Crippen LogP contribution is 2.26. The lowest BCUT2D eigenvalue weighted by atomic mass is 10.1. The Morgan fingerprint density at radius 2 is 2.00 bits per heavy atom. The Balaban J connectivity index is 2.94. The summed E-state index contributed by atoms with van der Waals surface area (Å²) >= 11 is 2.24. The molecule has 0 fully saturated rings. The van der Waals surface area contributed by atoms with Crippen molar-refractivity contribution in [3.05, 3.63) is 33.7 Å². The van der Waals surface area contributed by atoms with Crippen LogP contribution >= 0.6 is 22.6 Å². The van der Waals surface area contributed by atoms with Crippen LogP contribution in [0.25, 0.3) is 10.8 Å². The molecule has 0 bridgehead atoms. The fourth-order valence-electron chi connectivity index (χ4n) is 1.40. The molecule has 2 aromatic rings. The Morgan fingerprint density at radius 1 is 1.23 bits per heavy atom. The Morgan fingerprint density at radius 3 is 2.77 bits per heavy atom. The van der Waals surface area contributed by atoms with Gasteiger partial charge in [-0.15, -0.1) is 0 Å². The van der Waals surface area contributed by atoms with E-state index < -0.39 is 0 Å². The molecule has 0 aliphatic heterocycles. The van der Waals surface area contributed by atoms with Gasteiger partial charge in [-0.1, -0.05) is 6.07 Å². The van der Waals surface area contributed by atoms with Crippen LogP contribution in [-0.4, -0.2) is 4.98 Å². The summed E-state index contributed by atoms with van der Waals surface area (Å²) in [5.41, 5.74) is 7.83. The minimum Gasteiger partial charge on any atom is -0.397 e. The van der Waals surface area contributed by atoms with E-state index in [1.807, 2.05) is 19.1 Å². The van der Waals surface area contributed by atoms with E-state index in [-0.39, 0.29) is 0 Å². The summed E-state index contributed by atoms with van der Waals surface area (Å²) in [6.07, 6.45) is 1.80. The van der Waals surface area contributed by atoms with Crippen LogP contribution in [0.4, 0.5) is 5.69 Å². The average molecular weight is 284 g/mol. The maximum Gasteiger partial charge on any atom is 0.0530 e. The molecule has 0 atom stereocenters. The van der Waals surface area contributed by atoms with Gasteiger partial charge in [0.05, 0.1) is 5.69 Å². The number of nitrogens with two attached hydrogens (primary N) is 1. The molecule has 0 saturated heterocycles. The SMILES string of the molecule is Cc1nccc2c(N)c(I)ccc12. The van der Waals surface area contributed by atoms with Gasteiger partial charge in [-0.05, 0) is 41.6 Å². The third kappa shape index (κ3) is 1.37. The van der Waals surface area contributed by atoms with Crippen LogP contribution in [0.3, 0.4) is 0 Å².